The van der Waals surface area contributed by atoms with Gasteiger partial charge in [-0.05, 0) is 6.42 Å². The summed E-state index contributed by atoms with van der Waals surface area (Å²) < 4.78 is 0. The van der Waals surface area contributed by atoms with Crippen LogP contribution in [-0.4, -0.2) is 29.6 Å². The van der Waals surface area contributed by atoms with Gasteiger partial charge in [-0.2, -0.15) is 0 Å². The zero-order valence-corrected chi connectivity index (χ0v) is 7.32. The second-order valence-corrected chi connectivity index (χ2v) is 2.58. The molecule has 0 aromatic carbocycles. The number of carboxylic acid groups (broad SMARTS) is 1. The maximum atomic E-state index is 10.9. The molecule has 4 N–H and O–H groups in total. The zero-order valence-electron chi connectivity index (χ0n) is 7.32. The van der Waals surface area contributed by atoms with Crippen molar-refractivity contribution in [3.05, 3.63) is 12.7 Å². The number of nitrogens with one attached hydrogen (secondary N) is 1. The second kappa shape index (κ2) is 6.19. The van der Waals surface area contributed by atoms with E-state index in [-0.39, 0.29) is 18.7 Å². The number of hydrogen-bond acceptors (Lipinski definition) is 3. The van der Waals surface area contributed by atoms with Gasteiger partial charge >= 0.3 is 5.97 Å². The van der Waals surface area contributed by atoms with Crippen LogP contribution in [0.15, 0.2) is 12.7 Å². The van der Waals surface area contributed by atoms with Gasteiger partial charge in [0.15, 0.2) is 0 Å². The number of hydrogen-bond donors (Lipinski definition) is 3. The summed E-state index contributed by atoms with van der Waals surface area (Å²) >= 11 is 0. The first kappa shape index (κ1) is 11.6. The molecule has 0 unspecified atom stereocenters. The van der Waals surface area contributed by atoms with Gasteiger partial charge in [0.25, 0.3) is 0 Å². The molecule has 0 spiro atoms. The van der Waals surface area contributed by atoms with Gasteiger partial charge in [-0.3, -0.25) is 9.59 Å². The number of rotatable bonds is 6. The largest absolute Gasteiger partial charge is 0.480 e. The molecule has 0 saturated heterocycles. The predicted molar refractivity (Wildman–Crippen MR) is 48.1 cm³/mol. The van der Waals surface area contributed by atoms with E-state index in [1.807, 2.05) is 0 Å². The van der Waals surface area contributed by atoms with Crippen molar-refractivity contribution >= 4 is 11.9 Å². The summed E-state index contributed by atoms with van der Waals surface area (Å²) in [6.45, 7) is 3.81. The fraction of sp³-hybridized carbons (Fsp3) is 0.500. The van der Waals surface area contributed by atoms with Crippen molar-refractivity contribution in [1.82, 2.24) is 5.32 Å². The van der Waals surface area contributed by atoms with Crippen LogP contribution in [0.5, 0.6) is 0 Å². The fourth-order valence-corrected chi connectivity index (χ4v) is 0.684. The van der Waals surface area contributed by atoms with Gasteiger partial charge in [-0.15, -0.1) is 6.58 Å². The number of carboxylic acids is 1. The number of amides is 1. The van der Waals surface area contributed by atoms with Crippen LogP contribution in [-0.2, 0) is 9.59 Å². The molecule has 0 aliphatic heterocycles. The molecular formula is C8H14N2O3. The lowest BCUT2D eigenvalue weighted by atomic mass is 10.1. The van der Waals surface area contributed by atoms with Crippen molar-refractivity contribution < 1.29 is 14.7 Å². The Labute approximate surface area is 76.6 Å². The maximum absolute atomic E-state index is 10.9. The third-order valence-corrected chi connectivity index (χ3v) is 1.44. The summed E-state index contributed by atoms with van der Waals surface area (Å²) in [6, 6.07) is -0.963. The Balaban J connectivity index is 3.57. The molecule has 5 nitrogen and oxygen atoms in total. The molecule has 74 valence electrons. The first-order valence-corrected chi connectivity index (χ1v) is 3.94. The van der Waals surface area contributed by atoms with Crippen molar-refractivity contribution in [2.45, 2.75) is 18.9 Å². The molecule has 1 atom stereocenters. The van der Waals surface area contributed by atoms with E-state index in [2.05, 4.69) is 11.9 Å². The molecule has 0 radical (unpaired) electrons. The first-order valence-electron chi connectivity index (χ1n) is 3.94. The minimum absolute atomic E-state index is 0.126. The molecular weight excluding hydrogens is 172 g/mol. The highest BCUT2D eigenvalue weighted by molar-refractivity contribution is 5.78. The Morgan fingerprint density at radius 1 is 1.62 bits per heavy atom. The molecule has 0 saturated carbocycles. The van der Waals surface area contributed by atoms with E-state index in [9.17, 15) is 9.59 Å². The van der Waals surface area contributed by atoms with Crippen LogP contribution in [0, 0.1) is 0 Å². The molecule has 0 aromatic rings. The maximum Gasteiger partial charge on any atom is 0.320 e. The van der Waals surface area contributed by atoms with Crippen molar-refractivity contribution in [3.8, 4) is 0 Å². The van der Waals surface area contributed by atoms with E-state index in [0.29, 0.717) is 6.54 Å². The van der Waals surface area contributed by atoms with Gasteiger partial charge in [-0.1, -0.05) is 6.08 Å². The summed E-state index contributed by atoms with van der Waals surface area (Å²) in [7, 11) is 0. The number of carbonyl (C=O) groups excluding carboxylic acids is 1. The zero-order chi connectivity index (χ0) is 10.3. The van der Waals surface area contributed by atoms with Crippen molar-refractivity contribution in [3.63, 3.8) is 0 Å². The lowest BCUT2D eigenvalue weighted by Gasteiger charge is -2.05. The van der Waals surface area contributed by atoms with Gasteiger partial charge < -0.3 is 16.2 Å². The van der Waals surface area contributed by atoms with Crippen molar-refractivity contribution in [1.29, 1.82) is 0 Å². The van der Waals surface area contributed by atoms with Gasteiger partial charge in [0.05, 0.1) is 0 Å². The molecule has 0 aliphatic carbocycles. The summed E-state index contributed by atoms with van der Waals surface area (Å²) in [5.74, 6) is -1.30. The van der Waals surface area contributed by atoms with Gasteiger partial charge in [0, 0.05) is 13.0 Å². The standard InChI is InChI=1S/C8H14N2O3/c1-2-5-10-7(11)4-3-6(9)8(12)13/h2,6H,1,3-5,9H2,(H,10,11)(H,12,13)/t6-/m0/s1. The Bertz CT molecular complexity index is 204. The molecule has 0 aromatic heterocycles. The highest BCUT2D eigenvalue weighted by Crippen LogP contribution is 1.94. The smallest absolute Gasteiger partial charge is 0.320 e. The van der Waals surface area contributed by atoms with E-state index in [4.69, 9.17) is 10.8 Å². The Morgan fingerprint density at radius 3 is 2.69 bits per heavy atom. The highest BCUT2D eigenvalue weighted by atomic mass is 16.4. The van der Waals surface area contributed by atoms with E-state index < -0.39 is 12.0 Å². The SMILES string of the molecule is C=CCNC(=O)CC[C@H](N)C(=O)O. The molecule has 1 amide bonds. The first-order chi connectivity index (χ1) is 6.07. The van der Waals surface area contributed by atoms with Gasteiger partial charge in [0.1, 0.15) is 6.04 Å². The van der Waals surface area contributed by atoms with Crippen LogP contribution in [0.25, 0.3) is 0 Å². The third kappa shape index (κ3) is 5.86. The number of nitrogens with two attached hydrogens (primary N) is 1. The van der Waals surface area contributed by atoms with Crippen molar-refractivity contribution in [2.75, 3.05) is 6.54 Å². The van der Waals surface area contributed by atoms with E-state index in [1.54, 1.807) is 6.08 Å². The molecule has 0 fully saturated rings. The summed E-state index contributed by atoms with van der Waals surface area (Å²) in [5, 5.41) is 10.9. The lowest BCUT2D eigenvalue weighted by molar-refractivity contribution is -0.138. The van der Waals surface area contributed by atoms with Crippen LogP contribution in [0.4, 0.5) is 0 Å². The Morgan fingerprint density at radius 2 is 2.23 bits per heavy atom. The quantitative estimate of drug-likeness (QED) is 0.487. The van der Waals surface area contributed by atoms with Gasteiger partial charge in [-0.25, -0.2) is 0 Å². The van der Waals surface area contributed by atoms with Crippen LogP contribution in [0.1, 0.15) is 12.8 Å². The Hall–Kier alpha value is -1.36. The van der Waals surface area contributed by atoms with Gasteiger partial charge in [0.2, 0.25) is 5.91 Å². The summed E-state index contributed by atoms with van der Waals surface area (Å²) in [4.78, 5) is 21.2. The lowest BCUT2D eigenvalue weighted by Crippen LogP contribution is -2.32. The minimum Gasteiger partial charge on any atom is -0.480 e. The molecule has 0 aliphatic rings. The summed E-state index contributed by atoms with van der Waals surface area (Å²) in [6.07, 6.45) is 1.83. The second-order valence-electron chi connectivity index (χ2n) is 2.58. The van der Waals surface area contributed by atoms with E-state index >= 15 is 0 Å². The van der Waals surface area contributed by atoms with E-state index in [0.717, 1.165) is 0 Å². The van der Waals surface area contributed by atoms with Crippen LogP contribution >= 0.6 is 0 Å². The average molecular weight is 186 g/mol. The predicted octanol–water partition coefficient (Wildman–Crippen LogP) is -0.519. The van der Waals surface area contributed by atoms with Crippen LogP contribution in [0.2, 0.25) is 0 Å². The summed E-state index contributed by atoms with van der Waals surface area (Å²) in [5.41, 5.74) is 5.19. The number of carbonyl (C=O) groups is 2. The molecule has 13 heavy (non-hydrogen) atoms. The molecule has 0 heterocycles. The topological polar surface area (TPSA) is 92.4 Å². The monoisotopic (exact) mass is 186 g/mol. The van der Waals surface area contributed by atoms with Crippen LogP contribution < -0.4 is 11.1 Å². The number of aliphatic carboxylic acids is 1. The normalized spacial score (nSPS) is 11.8. The fourth-order valence-electron chi connectivity index (χ4n) is 0.684. The van der Waals surface area contributed by atoms with Crippen LogP contribution in [0.3, 0.4) is 0 Å². The Kier molecular flexibility index (Phi) is 5.54. The highest BCUT2D eigenvalue weighted by Gasteiger charge is 2.12. The molecule has 0 bridgehead atoms. The minimum atomic E-state index is -1.09. The van der Waals surface area contributed by atoms with Crippen molar-refractivity contribution in [2.24, 2.45) is 5.73 Å². The molecule has 5 heteroatoms. The third-order valence-electron chi connectivity index (χ3n) is 1.44. The van der Waals surface area contributed by atoms with E-state index in [1.165, 1.54) is 0 Å². The molecule has 0 rings (SSSR count). The average Bonchev–Trinajstić information content (AvgIpc) is 2.10.